The number of hydrogen-bond donors (Lipinski definition) is 1. The van der Waals surface area contributed by atoms with Gasteiger partial charge >= 0.3 is 5.97 Å². The molecule has 1 aromatic rings. The van der Waals surface area contributed by atoms with Gasteiger partial charge in [0.05, 0.1) is 14.2 Å². The third-order valence-corrected chi connectivity index (χ3v) is 2.60. The summed E-state index contributed by atoms with van der Waals surface area (Å²) in [6, 6.07) is 6.92. The molecule has 1 atom stereocenters. The van der Waals surface area contributed by atoms with Crippen LogP contribution in [-0.4, -0.2) is 32.8 Å². The minimum absolute atomic E-state index is 0.367. The lowest BCUT2D eigenvalue weighted by Crippen LogP contribution is -2.38. The highest BCUT2D eigenvalue weighted by Gasteiger charge is 2.19. The molecular weight excluding hydrogens is 258 g/mol. The largest absolute Gasteiger partial charge is 0.481 e. The summed E-state index contributed by atoms with van der Waals surface area (Å²) in [6.45, 7) is 2.13. The lowest BCUT2D eigenvalue weighted by molar-refractivity contribution is -0.146. The van der Waals surface area contributed by atoms with Crippen molar-refractivity contribution in [2.24, 2.45) is 0 Å². The van der Waals surface area contributed by atoms with Crippen LogP contribution in [0.25, 0.3) is 0 Å². The molecule has 5 nitrogen and oxygen atoms in total. The van der Waals surface area contributed by atoms with Crippen LogP contribution in [0.2, 0.25) is 0 Å². The predicted octanol–water partition coefficient (Wildman–Crippen LogP) is 1.32. The van der Waals surface area contributed by atoms with Crippen LogP contribution in [-0.2, 0) is 20.8 Å². The topological polar surface area (TPSA) is 56.8 Å². The number of nitrogens with one attached hydrogen (secondary N) is 1. The van der Waals surface area contributed by atoms with E-state index in [0.717, 1.165) is 11.3 Å². The van der Waals surface area contributed by atoms with Gasteiger partial charge in [0.2, 0.25) is 0 Å². The lowest BCUT2D eigenvalue weighted by atomic mass is 10.1. The van der Waals surface area contributed by atoms with Crippen molar-refractivity contribution < 1.29 is 19.1 Å². The second-order valence-corrected chi connectivity index (χ2v) is 3.96. The smallest absolute Gasteiger partial charge is 0.325 e. The Labute approximate surface area is 119 Å². The Balaban J connectivity index is 2.61. The van der Waals surface area contributed by atoms with Gasteiger partial charge in [-0.2, -0.15) is 5.48 Å². The Kier molecular flexibility index (Phi) is 7.18. The summed E-state index contributed by atoms with van der Waals surface area (Å²) in [7, 11) is 2.81. The zero-order valence-electron chi connectivity index (χ0n) is 11.9. The minimum atomic E-state index is -0.539. The van der Waals surface area contributed by atoms with Gasteiger partial charge in [0, 0.05) is 6.42 Å². The number of esters is 1. The first kappa shape index (κ1) is 16.0. The van der Waals surface area contributed by atoms with E-state index in [1.807, 2.05) is 24.3 Å². The van der Waals surface area contributed by atoms with Crippen molar-refractivity contribution in [2.45, 2.75) is 19.4 Å². The molecule has 0 aliphatic carbocycles. The molecule has 20 heavy (non-hydrogen) atoms. The van der Waals surface area contributed by atoms with Gasteiger partial charge in [-0.1, -0.05) is 18.1 Å². The van der Waals surface area contributed by atoms with E-state index in [4.69, 9.17) is 14.3 Å². The van der Waals surface area contributed by atoms with Crippen LogP contribution in [0.1, 0.15) is 12.5 Å². The van der Waals surface area contributed by atoms with Crippen molar-refractivity contribution in [1.82, 2.24) is 5.48 Å². The summed E-state index contributed by atoms with van der Waals surface area (Å²) in [5, 5.41) is 0. The van der Waals surface area contributed by atoms with Crippen LogP contribution in [0.5, 0.6) is 5.75 Å². The molecule has 1 rings (SSSR count). The number of carbonyl (C=O) groups excluding carboxylic acids is 1. The summed E-state index contributed by atoms with van der Waals surface area (Å²) in [5.41, 5.74) is 3.59. The van der Waals surface area contributed by atoms with E-state index in [9.17, 15) is 4.79 Å². The number of methoxy groups -OCH3 is 1. The average Bonchev–Trinajstić information content (AvgIpc) is 2.48. The number of rotatable bonds is 7. The fourth-order valence-corrected chi connectivity index (χ4v) is 1.61. The molecule has 5 heteroatoms. The average molecular weight is 277 g/mol. The predicted molar refractivity (Wildman–Crippen MR) is 75.0 cm³/mol. The first-order valence-electron chi connectivity index (χ1n) is 6.19. The molecule has 0 aromatic heterocycles. The van der Waals surface area contributed by atoms with Gasteiger partial charge < -0.3 is 14.3 Å². The molecule has 0 unspecified atom stereocenters. The van der Waals surface area contributed by atoms with Gasteiger partial charge in [-0.05, 0) is 24.6 Å². The third kappa shape index (κ3) is 5.31. The number of hydroxylamine groups is 1. The Morgan fingerprint density at radius 3 is 2.55 bits per heavy atom. The van der Waals surface area contributed by atoms with E-state index in [0.29, 0.717) is 13.0 Å². The van der Waals surface area contributed by atoms with E-state index in [1.165, 1.54) is 14.2 Å². The molecule has 0 aliphatic heterocycles. The standard InChI is InChI=1S/C15H19NO4/c1-4-5-10-20-13-8-6-12(7-9-13)11-14(16-19-3)15(17)18-2/h6-9,14,16H,10-11H2,1-3H3/t14-/m0/s1. The Morgan fingerprint density at radius 2 is 2.00 bits per heavy atom. The highest BCUT2D eigenvalue weighted by molar-refractivity contribution is 5.75. The van der Waals surface area contributed by atoms with Crippen molar-refractivity contribution in [1.29, 1.82) is 0 Å². The zero-order chi connectivity index (χ0) is 14.8. The first-order chi connectivity index (χ1) is 9.71. The quantitative estimate of drug-likeness (QED) is 0.463. The van der Waals surface area contributed by atoms with E-state index in [-0.39, 0.29) is 5.97 Å². The number of ether oxygens (including phenoxy) is 2. The van der Waals surface area contributed by atoms with Crippen LogP contribution in [0.15, 0.2) is 24.3 Å². The molecule has 0 saturated carbocycles. The normalized spacial score (nSPS) is 11.2. The third-order valence-electron chi connectivity index (χ3n) is 2.60. The molecule has 0 aliphatic rings. The summed E-state index contributed by atoms with van der Waals surface area (Å²) in [4.78, 5) is 16.3. The Bertz CT molecular complexity index is 473. The maximum Gasteiger partial charge on any atom is 0.325 e. The van der Waals surface area contributed by atoms with Crippen LogP contribution < -0.4 is 10.2 Å². The molecule has 0 amide bonds. The van der Waals surface area contributed by atoms with Crippen molar-refractivity contribution in [3.05, 3.63) is 29.8 Å². The zero-order valence-corrected chi connectivity index (χ0v) is 11.9. The summed E-state index contributed by atoms with van der Waals surface area (Å²) in [5.74, 6) is 5.95. The van der Waals surface area contributed by atoms with E-state index in [2.05, 4.69) is 17.3 Å². The maximum absolute atomic E-state index is 11.5. The maximum atomic E-state index is 11.5. The van der Waals surface area contributed by atoms with Gasteiger partial charge in [0.25, 0.3) is 0 Å². The molecule has 0 heterocycles. The minimum Gasteiger partial charge on any atom is -0.481 e. The molecule has 1 N–H and O–H groups in total. The van der Waals surface area contributed by atoms with Gasteiger partial charge in [0.15, 0.2) is 0 Å². The number of hydrogen-bond acceptors (Lipinski definition) is 5. The second kappa shape index (κ2) is 8.97. The van der Waals surface area contributed by atoms with Crippen molar-refractivity contribution in [3.8, 4) is 17.6 Å². The van der Waals surface area contributed by atoms with Crippen LogP contribution in [0.3, 0.4) is 0 Å². The molecule has 0 saturated heterocycles. The van der Waals surface area contributed by atoms with Gasteiger partial charge in [-0.25, -0.2) is 0 Å². The Hall–Kier alpha value is -2.03. The van der Waals surface area contributed by atoms with Gasteiger partial charge in [0.1, 0.15) is 18.4 Å². The highest BCUT2D eigenvalue weighted by atomic mass is 16.6. The molecular formula is C15H19NO4. The number of benzene rings is 1. The van der Waals surface area contributed by atoms with Crippen molar-refractivity contribution in [3.63, 3.8) is 0 Å². The fraction of sp³-hybridized carbons (Fsp3) is 0.400. The summed E-state index contributed by atoms with van der Waals surface area (Å²) >= 11 is 0. The second-order valence-electron chi connectivity index (χ2n) is 3.96. The van der Waals surface area contributed by atoms with Gasteiger partial charge in [-0.3, -0.25) is 4.79 Å². The summed E-state index contributed by atoms with van der Waals surface area (Å²) < 4.78 is 10.1. The first-order valence-corrected chi connectivity index (χ1v) is 6.19. The van der Waals surface area contributed by atoms with E-state index in [1.54, 1.807) is 6.92 Å². The lowest BCUT2D eigenvalue weighted by Gasteiger charge is -2.15. The Morgan fingerprint density at radius 1 is 1.30 bits per heavy atom. The highest BCUT2D eigenvalue weighted by Crippen LogP contribution is 2.13. The van der Waals surface area contributed by atoms with Crippen molar-refractivity contribution in [2.75, 3.05) is 20.8 Å². The number of carbonyl (C=O) groups is 1. The molecule has 0 spiro atoms. The van der Waals surface area contributed by atoms with Crippen LogP contribution in [0, 0.1) is 11.8 Å². The van der Waals surface area contributed by atoms with Gasteiger partial charge in [-0.15, -0.1) is 5.92 Å². The monoisotopic (exact) mass is 277 g/mol. The van der Waals surface area contributed by atoms with E-state index < -0.39 is 6.04 Å². The summed E-state index contributed by atoms with van der Waals surface area (Å²) in [6.07, 6.45) is 0.468. The molecule has 108 valence electrons. The molecule has 0 bridgehead atoms. The molecule has 0 fully saturated rings. The van der Waals surface area contributed by atoms with E-state index >= 15 is 0 Å². The van der Waals surface area contributed by atoms with Crippen LogP contribution in [0.4, 0.5) is 0 Å². The molecule has 0 radical (unpaired) electrons. The molecule has 1 aromatic carbocycles. The SMILES string of the molecule is CC#CCOc1ccc(C[C@H](NOC)C(=O)OC)cc1. The van der Waals surface area contributed by atoms with Crippen LogP contribution >= 0.6 is 0 Å². The van der Waals surface area contributed by atoms with Crippen molar-refractivity contribution >= 4 is 5.97 Å². The fourth-order valence-electron chi connectivity index (χ4n) is 1.61.